The molecule has 2 atom stereocenters. The van der Waals surface area contributed by atoms with Crippen molar-refractivity contribution < 1.29 is 9.84 Å². The van der Waals surface area contributed by atoms with Crippen molar-refractivity contribution in [1.82, 2.24) is 0 Å². The van der Waals surface area contributed by atoms with Crippen molar-refractivity contribution in [3.63, 3.8) is 0 Å². The van der Waals surface area contributed by atoms with E-state index in [9.17, 15) is 5.11 Å². The van der Waals surface area contributed by atoms with Gasteiger partial charge in [0.15, 0.2) is 0 Å². The summed E-state index contributed by atoms with van der Waals surface area (Å²) >= 11 is 0. The van der Waals surface area contributed by atoms with Crippen LogP contribution < -0.4 is 15.8 Å². The van der Waals surface area contributed by atoms with Gasteiger partial charge in [-0.3, -0.25) is 0 Å². The monoisotopic (exact) mass is 444 g/mol. The number of aromatic hydroxyl groups is 1. The van der Waals surface area contributed by atoms with Crippen molar-refractivity contribution in [3.05, 3.63) is 89.0 Å². The van der Waals surface area contributed by atoms with Crippen LogP contribution in [0.5, 0.6) is 11.5 Å². The molecule has 33 heavy (non-hydrogen) atoms. The second-order valence-electron chi connectivity index (χ2n) is 10.2. The Kier molecular flexibility index (Phi) is 6.94. The summed E-state index contributed by atoms with van der Waals surface area (Å²) in [7, 11) is 0. The molecule has 2 unspecified atom stereocenters. The third-order valence-corrected chi connectivity index (χ3v) is 6.30. The van der Waals surface area contributed by atoms with Gasteiger partial charge in [-0.05, 0) is 105 Å². The van der Waals surface area contributed by atoms with Gasteiger partial charge in [-0.1, -0.05) is 36.4 Å². The summed E-state index contributed by atoms with van der Waals surface area (Å²) < 4.78 is 5.79. The summed E-state index contributed by atoms with van der Waals surface area (Å²) in [6, 6.07) is 23.1. The predicted octanol–water partition coefficient (Wildman–Crippen LogP) is 5.82. The Morgan fingerprint density at radius 1 is 1.06 bits per heavy atom. The Hall–Kier alpha value is -2.98. The number of fused-ring (bicyclic) bond motifs is 1. The van der Waals surface area contributed by atoms with Crippen molar-refractivity contribution in [3.8, 4) is 11.5 Å². The molecular weight excluding hydrogens is 408 g/mol. The van der Waals surface area contributed by atoms with E-state index in [1.54, 1.807) is 6.07 Å². The quantitative estimate of drug-likeness (QED) is 0.409. The van der Waals surface area contributed by atoms with Crippen molar-refractivity contribution in [2.75, 3.05) is 11.9 Å². The van der Waals surface area contributed by atoms with Crippen LogP contribution in [0.2, 0.25) is 0 Å². The molecular formula is C29H36N2O2. The number of hydrogen-bond acceptors (Lipinski definition) is 4. The lowest BCUT2D eigenvalue weighted by atomic mass is 9.79. The van der Waals surface area contributed by atoms with E-state index in [1.165, 1.54) is 27.9 Å². The molecule has 3 aromatic carbocycles. The first kappa shape index (κ1) is 23.2. The fourth-order valence-corrected chi connectivity index (χ4v) is 4.65. The molecule has 4 rings (SSSR count). The van der Waals surface area contributed by atoms with Gasteiger partial charge < -0.3 is 20.9 Å². The van der Waals surface area contributed by atoms with Crippen molar-refractivity contribution >= 4 is 5.69 Å². The first-order chi connectivity index (χ1) is 15.8. The van der Waals surface area contributed by atoms with E-state index in [0.29, 0.717) is 24.3 Å². The molecule has 4 heteroatoms. The second-order valence-corrected chi connectivity index (χ2v) is 10.2. The van der Waals surface area contributed by atoms with Crippen LogP contribution in [0.3, 0.4) is 0 Å². The summed E-state index contributed by atoms with van der Waals surface area (Å²) in [6.45, 7) is 6.65. The number of anilines is 1. The number of phenolic OH excluding ortho intramolecular Hbond substituents is 1. The van der Waals surface area contributed by atoms with Crippen LogP contribution >= 0.6 is 0 Å². The predicted molar refractivity (Wildman–Crippen MR) is 136 cm³/mol. The second kappa shape index (κ2) is 9.88. The molecule has 0 saturated carbocycles. The smallest absolute Gasteiger partial charge is 0.119 e. The highest BCUT2D eigenvalue weighted by molar-refractivity contribution is 5.55. The molecule has 3 aromatic rings. The first-order valence-corrected chi connectivity index (χ1v) is 11.9. The van der Waals surface area contributed by atoms with Crippen LogP contribution in [0.25, 0.3) is 0 Å². The fraction of sp³-hybridized carbons (Fsp3) is 0.379. The van der Waals surface area contributed by atoms with Crippen LogP contribution in [-0.2, 0) is 19.3 Å². The van der Waals surface area contributed by atoms with Crippen molar-refractivity contribution in [2.45, 2.75) is 64.0 Å². The van der Waals surface area contributed by atoms with Crippen LogP contribution in [-0.4, -0.2) is 23.3 Å². The molecule has 0 fully saturated rings. The summed E-state index contributed by atoms with van der Waals surface area (Å²) in [5.74, 6) is 1.71. The summed E-state index contributed by atoms with van der Waals surface area (Å²) in [5, 5.41) is 13.5. The van der Waals surface area contributed by atoms with E-state index in [-0.39, 0.29) is 5.54 Å². The number of ether oxygens (including phenoxy) is 1. The van der Waals surface area contributed by atoms with E-state index in [4.69, 9.17) is 10.5 Å². The molecule has 4 N–H and O–H groups in total. The van der Waals surface area contributed by atoms with E-state index in [0.717, 1.165) is 31.4 Å². The molecule has 0 amide bonds. The van der Waals surface area contributed by atoms with Gasteiger partial charge >= 0.3 is 0 Å². The normalized spacial score (nSPS) is 16.7. The fourth-order valence-electron chi connectivity index (χ4n) is 4.65. The third-order valence-electron chi connectivity index (χ3n) is 6.30. The Morgan fingerprint density at radius 2 is 1.82 bits per heavy atom. The lowest BCUT2D eigenvalue weighted by Crippen LogP contribution is -2.38. The number of benzene rings is 3. The van der Waals surface area contributed by atoms with E-state index in [1.807, 2.05) is 32.0 Å². The zero-order valence-electron chi connectivity index (χ0n) is 20.0. The Morgan fingerprint density at radius 3 is 2.58 bits per heavy atom. The molecule has 0 bridgehead atoms. The zero-order chi connectivity index (χ0) is 23.4. The lowest BCUT2D eigenvalue weighted by molar-refractivity contribution is 0.243. The zero-order valence-corrected chi connectivity index (χ0v) is 20.0. The van der Waals surface area contributed by atoms with Gasteiger partial charge in [0.2, 0.25) is 0 Å². The summed E-state index contributed by atoms with van der Waals surface area (Å²) in [6.07, 6.45) is 4.06. The minimum Gasteiger partial charge on any atom is -0.508 e. The number of phenols is 1. The highest BCUT2D eigenvalue weighted by Crippen LogP contribution is 2.37. The maximum absolute atomic E-state index is 9.79. The molecule has 0 aliphatic heterocycles. The molecule has 0 heterocycles. The molecule has 0 saturated heterocycles. The van der Waals surface area contributed by atoms with Gasteiger partial charge in [-0.15, -0.1) is 0 Å². The Balaban J connectivity index is 1.39. The number of hydrogen-bond donors (Lipinski definition) is 3. The van der Waals surface area contributed by atoms with Gasteiger partial charge in [0.05, 0.1) is 0 Å². The number of nitrogens with two attached hydrogens (primary N) is 1. The van der Waals surface area contributed by atoms with Crippen LogP contribution in [0, 0.1) is 0 Å². The lowest BCUT2D eigenvalue weighted by Gasteiger charge is -2.28. The molecule has 1 aliphatic rings. The van der Waals surface area contributed by atoms with Gasteiger partial charge in [-0.2, -0.15) is 0 Å². The van der Waals surface area contributed by atoms with Gasteiger partial charge in [0.25, 0.3) is 0 Å². The molecule has 0 radical (unpaired) electrons. The largest absolute Gasteiger partial charge is 0.508 e. The first-order valence-electron chi connectivity index (χ1n) is 11.9. The van der Waals surface area contributed by atoms with Crippen molar-refractivity contribution in [2.24, 2.45) is 5.73 Å². The highest BCUT2D eigenvalue weighted by atomic mass is 16.5. The van der Waals surface area contributed by atoms with Crippen molar-refractivity contribution in [1.29, 1.82) is 0 Å². The van der Waals surface area contributed by atoms with Crippen LogP contribution in [0.15, 0.2) is 66.7 Å². The van der Waals surface area contributed by atoms with Gasteiger partial charge in [0.1, 0.15) is 18.1 Å². The maximum Gasteiger partial charge on any atom is 0.119 e. The van der Waals surface area contributed by atoms with E-state index >= 15 is 0 Å². The SMILES string of the molecule is CC(Cc1ccc(OCC(C)(C)N)cc1)Nc1ccccc1C1CCc2cc(O)ccc2C1. The average Bonchev–Trinajstić information content (AvgIpc) is 2.78. The number of nitrogens with one attached hydrogen (secondary N) is 1. The molecule has 4 nitrogen and oxygen atoms in total. The Bertz CT molecular complexity index is 1070. The number of rotatable bonds is 8. The summed E-state index contributed by atoms with van der Waals surface area (Å²) in [5.41, 5.74) is 12.2. The maximum atomic E-state index is 9.79. The van der Waals surface area contributed by atoms with E-state index in [2.05, 4.69) is 54.7 Å². The van der Waals surface area contributed by atoms with Crippen LogP contribution in [0.1, 0.15) is 55.4 Å². The standard InChI is InChI=1S/C29H36N2O2/c1-20(16-21-8-14-26(15-9-21)33-19-29(2,3)30)31-28-7-5-4-6-27(28)24-11-10-23-18-25(32)13-12-22(23)17-24/h4-9,12-15,18,20,24,31-32H,10-11,16-17,19,30H2,1-3H3. The van der Waals surface area contributed by atoms with E-state index < -0.39 is 0 Å². The molecule has 1 aliphatic carbocycles. The minimum atomic E-state index is -0.341. The topological polar surface area (TPSA) is 67.5 Å². The van der Waals surface area contributed by atoms with Gasteiger partial charge in [-0.25, -0.2) is 0 Å². The molecule has 174 valence electrons. The van der Waals surface area contributed by atoms with Crippen LogP contribution in [0.4, 0.5) is 5.69 Å². The minimum absolute atomic E-state index is 0.300. The number of aryl methyl sites for hydroxylation is 1. The average molecular weight is 445 g/mol. The number of para-hydroxylation sites is 1. The summed E-state index contributed by atoms with van der Waals surface area (Å²) in [4.78, 5) is 0. The third kappa shape index (κ3) is 6.29. The molecule has 0 aromatic heterocycles. The molecule has 0 spiro atoms. The Labute approximate surface area is 197 Å². The van der Waals surface area contributed by atoms with Gasteiger partial charge in [0, 0.05) is 17.3 Å². The highest BCUT2D eigenvalue weighted by Gasteiger charge is 2.23.